The van der Waals surface area contributed by atoms with Crippen LogP contribution in [-0.4, -0.2) is 68.8 Å². The van der Waals surface area contributed by atoms with E-state index in [-0.39, 0.29) is 5.75 Å². The number of alkyl halides is 2. The van der Waals surface area contributed by atoms with Crippen LogP contribution < -0.4 is 14.4 Å². The fourth-order valence-electron chi connectivity index (χ4n) is 4.65. The lowest BCUT2D eigenvalue weighted by Crippen LogP contribution is -2.55. The number of piperazine rings is 1. The monoisotopic (exact) mass is 431 g/mol. The molecule has 2 aliphatic heterocycles. The van der Waals surface area contributed by atoms with Gasteiger partial charge in [-0.3, -0.25) is 9.80 Å². The molecule has 0 amide bonds. The molecule has 1 atom stereocenters. The van der Waals surface area contributed by atoms with Gasteiger partial charge >= 0.3 is 6.61 Å². The summed E-state index contributed by atoms with van der Waals surface area (Å²) in [5.41, 5.74) is 2.39. The molecular weight excluding hydrogens is 400 g/mol. The molecule has 0 spiro atoms. The lowest BCUT2D eigenvalue weighted by molar-refractivity contribution is -0.0498. The van der Waals surface area contributed by atoms with Crippen LogP contribution in [0.5, 0.6) is 11.5 Å². The summed E-state index contributed by atoms with van der Waals surface area (Å²) in [7, 11) is 1.69. The number of hydrogen-bond donors (Lipinski definition) is 0. The molecule has 0 bridgehead atoms. The van der Waals surface area contributed by atoms with Crippen LogP contribution in [0.4, 0.5) is 14.5 Å². The van der Waals surface area contributed by atoms with Crippen LogP contribution >= 0.6 is 0 Å². The molecule has 4 rings (SSSR count). The largest absolute Gasteiger partial charge is 0.497 e. The van der Waals surface area contributed by atoms with E-state index in [0.29, 0.717) is 6.04 Å². The lowest BCUT2D eigenvalue weighted by atomic mass is 10.0. The standard InChI is InChI=1S/C24H31F2N3O2/c1-30-22-10-6-20(7-11-22)28-13-15-29(16-14-28)21-3-2-12-27(18-21)17-19-4-8-23(9-5-19)31-24(25)26/h4-11,21,24H,2-3,12-18H2,1H3/t21-/m0/s1. The minimum absolute atomic E-state index is 0.213. The molecule has 0 aliphatic carbocycles. The van der Waals surface area contributed by atoms with Crippen molar-refractivity contribution in [3.63, 3.8) is 0 Å². The Bertz CT molecular complexity index is 809. The van der Waals surface area contributed by atoms with Gasteiger partial charge in [-0.25, -0.2) is 0 Å². The first kappa shape index (κ1) is 21.8. The molecule has 2 aliphatic rings. The molecule has 168 valence electrons. The van der Waals surface area contributed by atoms with Gasteiger partial charge in [0.2, 0.25) is 0 Å². The van der Waals surface area contributed by atoms with Crippen LogP contribution in [0.3, 0.4) is 0 Å². The number of benzene rings is 2. The molecule has 31 heavy (non-hydrogen) atoms. The summed E-state index contributed by atoms with van der Waals surface area (Å²) >= 11 is 0. The molecule has 0 radical (unpaired) electrons. The number of anilines is 1. The second-order valence-corrected chi connectivity index (χ2v) is 8.27. The summed E-state index contributed by atoms with van der Waals surface area (Å²) in [6, 6.07) is 15.9. The number of hydrogen-bond acceptors (Lipinski definition) is 5. The maximum Gasteiger partial charge on any atom is 0.387 e. The molecule has 2 fully saturated rings. The van der Waals surface area contributed by atoms with Crippen LogP contribution in [-0.2, 0) is 6.54 Å². The Morgan fingerprint density at radius 1 is 0.903 bits per heavy atom. The SMILES string of the molecule is COc1ccc(N2CCN([C@H]3CCCN(Cc4ccc(OC(F)F)cc4)C3)CC2)cc1. The van der Waals surface area contributed by atoms with Gasteiger partial charge in [0.15, 0.2) is 0 Å². The molecule has 5 nitrogen and oxygen atoms in total. The number of methoxy groups -OCH3 is 1. The second-order valence-electron chi connectivity index (χ2n) is 8.27. The normalized spacial score (nSPS) is 20.8. The zero-order chi connectivity index (χ0) is 21.6. The van der Waals surface area contributed by atoms with E-state index in [1.54, 1.807) is 19.2 Å². The Kier molecular flexibility index (Phi) is 7.25. The van der Waals surface area contributed by atoms with E-state index >= 15 is 0 Å². The van der Waals surface area contributed by atoms with Crippen LogP contribution in [0.25, 0.3) is 0 Å². The van der Waals surface area contributed by atoms with Gasteiger partial charge in [0.05, 0.1) is 7.11 Å². The fourth-order valence-corrected chi connectivity index (χ4v) is 4.65. The van der Waals surface area contributed by atoms with Crippen LogP contribution in [0.1, 0.15) is 18.4 Å². The predicted molar refractivity (Wildman–Crippen MR) is 118 cm³/mol. The Labute approximate surface area is 183 Å². The van der Waals surface area contributed by atoms with E-state index in [2.05, 4.69) is 31.6 Å². The maximum absolute atomic E-state index is 12.3. The Balaban J connectivity index is 1.27. The Morgan fingerprint density at radius 3 is 2.23 bits per heavy atom. The number of rotatable bonds is 7. The molecule has 0 N–H and O–H groups in total. The van der Waals surface area contributed by atoms with Crippen molar-refractivity contribution in [2.24, 2.45) is 0 Å². The van der Waals surface area contributed by atoms with Crippen molar-refractivity contribution in [2.45, 2.75) is 32.0 Å². The van der Waals surface area contributed by atoms with E-state index in [1.807, 2.05) is 24.3 Å². The van der Waals surface area contributed by atoms with Crippen LogP contribution in [0.15, 0.2) is 48.5 Å². The third-order valence-electron chi connectivity index (χ3n) is 6.30. The summed E-state index contributed by atoms with van der Waals surface area (Å²) in [6.45, 7) is 4.42. The van der Waals surface area contributed by atoms with E-state index in [1.165, 1.54) is 18.5 Å². The third kappa shape index (κ3) is 5.86. The topological polar surface area (TPSA) is 28.2 Å². The van der Waals surface area contributed by atoms with Gasteiger partial charge in [-0.05, 0) is 61.3 Å². The van der Waals surface area contributed by atoms with Crippen molar-refractivity contribution in [1.29, 1.82) is 0 Å². The number of piperidine rings is 1. The highest BCUT2D eigenvalue weighted by atomic mass is 19.3. The minimum Gasteiger partial charge on any atom is -0.497 e. The quantitative estimate of drug-likeness (QED) is 0.659. The zero-order valence-corrected chi connectivity index (χ0v) is 18.1. The first-order valence-electron chi connectivity index (χ1n) is 11.0. The summed E-state index contributed by atoms with van der Waals surface area (Å²) in [6.07, 6.45) is 2.43. The van der Waals surface area contributed by atoms with E-state index in [4.69, 9.17) is 4.74 Å². The second kappa shape index (κ2) is 10.3. The van der Waals surface area contributed by atoms with Crippen molar-refractivity contribution < 1.29 is 18.3 Å². The van der Waals surface area contributed by atoms with E-state index < -0.39 is 6.61 Å². The lowest BCUT2D eigenvalue weighted by Gasteiger charge is -2.44. The van der Waals surface area contributed by atoms with Crippen LogP contribution in [0, 0.1) is 0 Å². The fraction of sp³-hybridized carbons (Fsp3) is 0.500. The first-order chi connectivity index (χ1) is 15.1. The molecule has 2 heterocycles. The van der Waals surface area contributed by atoms with Gasteiger partial charge < -0.3 is 14.4 Å². The van der Waals surface area contributed by atoms with Gasteiger partial charge in [-0.1, -0.05) is 12.1 Å². The highest BCUT2D eigenvalue weighted by molar-refractivity contribution is 5.49. The first-order valence-corrected chi connectivity index (χ1v) is 11.0. The summed E-state index contributed by atoms with van der Waals surface area (Å²) in [5, 5.41) is 0. The highest BCUT2D eigenvalue weighted by Gasteiger charge is 2.28. The Morgan fingerprint density at radius 2 is 1.58 bits per heavy atom. The van der Waals surface area contributed by atoms with Gasteiger partial charge in [0.25, 0.3) is 0 Å². The molecule has 7 heteroatoms. The van der Waals surface area contributed by atoms with Gasteiger partial charge in [0.1, 0.15) is 11.5 Å². The van der Waals surface area contributed by atoms with E-state index in [0.717, 1.165) is 57.1 Å². The molecule has 0 saturated carbocycles. The number of likely N-dealkylation sites (tertiary alicyclic amines) is 1. The highest BCUT2D eigenvalue weighted by Crippen LogP contribution is 2.24. The Hall–Kier alpha value is -2.38. The van der Waals surface area contributed by atoms with Gasteiger partial charge in [-0.15, -0.1) is 0 Å². The smallest absolute Gasteiger partial charge is 0.387 e. The number of halogens is 2. The predicted octanol–water partition coefficient (Wildman–Crippen LogP) is 4.08. The molecule has 0 unspecified atom stereocenters. The summed E-state index contributed by atoms with van der Waals surface area (Å²) < 4.78 is 34.3. The van der Waals surface area contributed by atoms with Crippen molar-refractivity contribution in [2.75, 3.05) is 51.3 Å². The molecule has 2 saturated heterocycles. The maximum atomic E-state index is 12.3. The number of ether oxygens (including phenoxy) is 2. The molecular formula is C24H31F2N3O2. The summed E-state index contributed by atoms with van der Waals surface area (Å²) in [4.78, 5) is 7.55. The van der Waals surface area contributed by atoms with Crippen molar-refractivity contribution in [1.82, 2.24) is 9.80 Å². The summed E-state index contributed by atoms with van der Waals surface area (Å²) in [5.74, 6) is 1.10. The van der Waals surface area contributed by atoms with Gasteiger partial charge in [0, 0.05) is 51.0 Å². The molecule has 2 aromatic carbocycles. The minimum atomic E-state index is -2.78. The number of nitrogens with zero attached hydrogens (tertiary/aromatic N) is 3. The average Bonchev–Trinajstić information content (AvgIpc) is 2.80. The zero-order valence-electron chi connectivity index (χ0n) is 18.1. The van der Waals surface area contributed by atoms with Crippen LogP contribution in [0.2, 0.25) is 0 Å². The van der Waals surface area contributed by atoms with E-state index in [9.17, 15) is 8.78 Å². The van der Waals surface area contributed by atoms with Crippen molar-refractivity contribution in [3.8, 4) is 11.5 Å². The average molecular weight is 432 g/mol. The van der Waals surface area contributed by atoms with Gasteiger partial charge in [-0.2, -0.15) is 8.78 Å². The molecule has 2 aromatic rings. The van der Waals surface area contributed by atoms with Crippen molar-refractivity contribution >= 4 is 5.69 Å². The third-order valence-corrected chi connectivity index (χ3v) is 6.30. The molecule has 0 aromatic heterocycles. The van der Waals surface area contributed by atoms with Crippen molar-refractivity contribution in [3.05, 3.63) is 54.1 Å².